The molecular weight excluding hydrogens is 314 g/mol. The second kappa shape index (κ2) is 8.62. The molecule has 1 heterocycles. The highest BCUT2D eigenvalue weighted by Crippen LogP contribution is 2.22. The number of carbonyl (C=O) groups excluding carboxylic acids is 2. The van der Waals surface area contributed by atoms with Crippen LogP contribution in [-0.2, 0) is 9.59 Å². The highest BCUT2D eigenvalue weighted by Gasteiger charge is 2.15. The molecule has 0 radical (unpaired) electrons. The van der Waals surface area contributed by atoms with Crippen molar-refractivity contribution in [3.05, 3.63) is 42.5 Å². The van der Waals surface area contributed by atoms with Gasteiger partial charge in [-0.25, -0.2) is 0 Å². The Balaban J connectivity index is 1.45. The van der Waals surface area contributed by atoms with Crippen molar-refractivity contribution in [2.75, 3.05) is 25.0 Å². The first-order valence-electron chi connectivity index (χ1n) is 8.97. The van der Waals surface area contributed by atoms with E-state index in [0.717, 1.165) is 48.8 Å². The number of piperidine rings is 1. The van der Waals surface area contributed by atoms with Crippen LogP contribution >= 0.6 is 0 Å². The summed E-state index contributed by atoms with van der Waals surface area (Å²) in [7, 11) is 0. The maximum Gasteiger partial charge on any atom is 0.243 e. The Kier molecular flexibility index (Phi) is 6.01. The van der Waals surface area contributed by atoms with Gasteiger partial charge >= 0.3 is 0 Å². The van der Waals surface area contributed by atoms with Crippen molar-refractivity contribution in [3.63, 3.8) is 0 Å². The van der Waals surface area contributed by atoms with E-state index < -0.39 is 0 Å². The first-order valence-corrected chi connectivity index (χ1v) is 8.97. The SMILES string of the molecule is O=C(CCC1CCNCC1)NCC(=O)Nc1cccc2ccccc12. The van der Waals surface area contributed by atoms with E-state index >= 15 is 0 Å². The third kappa shape index (κ3) is 5.03. The standard InChI is InChI=1S/C20H25N3O2/c24-19(9-8-15-10-12-21-13-11-15)22-14-20(25)23-18-7-3-5-16-4-1-2-6-17(16)18/h1-7,15,21H,8-14H2,(H,22,24)(H,23,25). The first kappa shape index (κ1) is 17.4. The van der Waals surface area contributed by atoms with Crippen LogP contribution in [0.15, 0.2) is 42.5 Å². The molecule has 132 valence electrons. The maximum atomic E-state index is 12.1. The van der Waals surface area contributed by atoms with Crippen molar-refractivity contribution in [3.8, 4) is 0 Å². The number of hydrogen-bond acceptors (Lipinski definition) is 3. The fourth-order valence-corrected chi connectivity index (χ4v) is 3.30. The summed E-state index contributed by atoms with van der Waals surface area (Å²) < 4.78 is 0. The van der Waals surface area contributed by atoms with Gasteiger partial charge in [0.15, 0.2) is 0 Å². The zero-order valence-corrected chi connectivity index (χ0v) is 14.4. The quantitative estimate of drug-likeness (QED) is 0.758. The van der Waals surface area contributed by atoms with E-state index in [-0.39, 0.29) is 18.4 Å². The number of rotatable bonds is 6. The maximum absolute atomic E-state index is 12.1. The van der Waals surface area contributed by atoms with Gasteiger partial charge in [-0.3, -0.25) is 9.59 Å². The number of nitrogens with one attached hydrogen (secondary N) is 3. The molecular formula is C20H25N3O2. The number of benzene rings is 2. The topological polar surface area (TPSA) is 70.2 Å². The zero-order chi connectivity index (χ0) is 17.5. The lowest BCUT2D eigenvalue weighted by Gasteiger charge is -2.22. The van der Waals surface area contributed by atoms with Gasteiger partial charge in [-0.15, -0.1) is 0 Å². The van der Waals surface area contributed by atoms with Crippen molar-refractivity contribution in [2.24, 2.45) is 5.92 Å². The molecule has 2 aromatic carbocycles. The Morgan fingerprint density at radius 2 is 1.76 bits per heavy atom. The number of anilines is 1. The molecule has 0 spiro atoms. The predicted molar refractivity (Wildman–Crippen MR) is 100 cm³/mol. The van der Waals surface area contributed by atoms with E-state index in [2.05, 4.69) is 16.0 Å². The lowest BCUT2D eigenvalue weighted by Crippen LogP contribution is -2.33. The van der Waals surface area contributed by atoms with Gasteiger partial charge in [0, 0.05) is 17.5 Å². The van der Waals surface area contributed by atoms with Crippen LogP contribution in [0.2, 0.25) is 0 Å². The minimum Gasteiger partial charge on any atom is -0.347 e. The first-order chi connectivity index (χ1) is 12.2. The second-order valence-electron chi connectivity index (χ2n) is 6.58. The third-order valence-electron chi connectivity index (χ3n) is 4.75. The zero-order valence-electron chi connectivity index (χ0n) is 14.4. The van der Waals surface area contributed by atoms with Crippen LogP contribution in [0.25, 0.3) is 10.8 Å². The molecule has 1 fully saturated rings. The summed E-state index contributed by atoms with van der Waals surface area (Å²) in [5.74, 6) is 0.370. The lowest BCUT2D eigenvalue weighted by molar-refractivity contribution is -0.124. The van der Waals surface area contributed by atoms with E-state index in [1.54, 1.807) is 0 Å². The van der Waals surface area contributed by atoms with Crippen LogP contribution in [-0.4, -0.2) is 31.4 Å². The van der Waals surface area contributed by atoms with Crippen molar-refractivity contribution in [2.45, 2.75) is 25.7 Å². The van der Waals surface area contributed by atoms with Gasteiger partial charge in [0.25, 0.3) is 0 Å². The number of hydrogen-bond donors (Lipinski definition) is 3. The van der Waals surface area contributed by atoms with Gasteiger partial charge in [0.1, 0.15) is 0 Å². The molecule has 0 saturated carbocycles. The van der Waals surface area contributed by atoms with Gasteiger partial charge < -0.3 is 16.0 Å². The molecule has 0 aromatic heterocycles. The third-order valence-corrected chi connectivity index (χ3v) is 4.75. The van der Waals surface area contributed by atoms with Crippen LogP contribution in [0.4, 0.5) is 5.69 Å². The van der Waals surface area contributed by atoms with E-state index in [0.29, 0.717) is 12.3 Å². The Bertz CT molecular complexity index is 733. The van der Waals surface area contributed by atoms with Gasteiger partial charge in [0.2, 0.25) is 11.8 Å². The normalized spacial score (nSPS) is 15.0. The summed E-state index contributed by atoms with van der Waals surface area (Å²) in [6.07, 6.45) is 3.66. The molecule has 0 atom stereocenters. The fourth-order valence-electron chi connectivity index (χ4n) is 3.30. The molecule has 5 nitrogen and oxygen atoms in total. The van der Waals surface area contributed by atoms with E-state index in [4.69, 9.17) is 0 Å². The van der Waals surface area contributed by atoms with Crippen LogP contribution in [0.1, 0.15) is 25.7 Å². The van der Waals surface area contributed by atoms with Crippen molar-refractivity contribution in [1.82, 2.24) is 10.6 Å². The fraction of sp³-hybridized carbons (Fsp3) is 0.400. The molecule has 0 aliphatic carbocycles. The summed E-state index contributed by atoms with van der Waals surface area (Å²) in [6, 6.07) is 13.7. The molecule has 5 heteroatoms. The summed E-state index contributed by atoms with van der Waals surface area (Å²) in [5.41, 5.74) is 0.770. The molecule has 2 amide bonds. The molecule has 1 saturated heterocycles. The Morgan fingerprint density at radius 1 is 1.00 bits per heavy atom. The van der Waals surface area contributed by atoms with E-state index in [1.165, 1.54) is 0 Å². The van der Waals surface area contributed by atoms with Gasteiger partial charge in [-0.05, 0) is 49.7 Å². The summed E-state index contributed by atoms with van der Waals surface area (Å²) in [5, 5.41) is 11.0. The average Bonchev–Trinajstić information content (AvgIpc) is 2.66. The molecule has 0 unspecified atom stereocenters. The monoisotopic (exact) mass is 339 g/mol. The lowest BCUT2D eigenvalue weighted by atomic mass is 9.93. The van der Waals surface area contributed by atoms with Crippen LogP contribution in [0, 0.1) is 5.92 Å². The molecule has 25 heavy (non-hydrogen) atoms. The molecule has 1 aliphatic rings. The van der Waals surface area contributed by atoms with Crippen LogP contribution in [0.3, 0.4) is 0 Å². The molecule has 2 aromatic rings. The number of fused-ring (bicyclic) bond motifs is 1. The minimum atomic E-state index is -0.202. The van der Waals surface area contributed by atoms with E-state index in [1.807, 2.05) is 42.5 Å². The highest BCUT2D eigenvalue weighted by molar-refractivity contribution is 6.03. The highest BCUT2D eigenvalue weighted by atomic mass is 16.2. The summed E-state index contributed by atoms with van der Waals surface area (Å²) >= 11 is 0. The van der Waals surface area contributed by atoms with Crippen LogP contribution in [0.5, 0.6) is 0 Å². The second-order valence-corrected chi connectivity index (χ2v) is 6.58. The Hall–Kier alpha value is -2.40. The predicted octanol–water partition coefficient (Wildman–Crippen LogP) is 2.67. The number of amides is 2. The summed E-state index contributed by atoms with van der Waals surface area (Å²) in [6.45, 7) is 2.09. The van der Waals surface area contributed by atoms with Crippen LogP contribution < -0.4 is 16.0 Å². The smallest absolute Gasteiger partial charge is 0.243 e. The van der Waals surface area contributed by atoms with Gasteiger partial charge in [0.05, 0.1) is 6.54 Å². The van der Waals surface area contributed by atoms with Crippen molar-refractivity contribution < 1.29 is 9.59 Å². The number of carbonyl (C=O) groups is 2. The average molecular weight is 339 g/mol. The Labute approximate surface area is 148 Å². The molecule has 0 bridgehead atoms. The minimum absolute atomic E-state index is 0.00821. The largest absolute Gasteiger partial charge is 0.347 e. The Morgan fingerprint density at radius 3 is 2.60 bits per heavy atom. The molecule has 3 N–H and O–H groups in total. The van der Waals surface area contributed by atoms with Gasteiger partial charge in [-0.1, -0.05) is 36.4 Å². The summed E-state index contributed by atoms with van der Waals surface area (Å²) in [4.78, 5) is 24.1. The van der Waals surface area contributed by atoms with Gasteiger partial charge in [-0.2, -0.15) is 0 Å². The molecule has 1 aliphatic heterocycles. The van der Waals surface area contributed by atoms with Crippen molar-refractivity contribution >= 4 is 28.3 Å². The van der Waals surface area contributed by atoms with Crippen molar-refractivity contribution in [1.29, 1.82) is 0 Å². The van der Waals surface area contributed by atoms with E-state index in [9.17, 15) is 9.59 Å². The molecule has 3 rings (SSSR count).